The predicted octanol–water partition coefficient (Wildman–Crippen LogP) is -0.535. The molecular weight excluding hydrogens is 652 g/mol. The molecule has 1 amide bonds. The van der Waals surface area contributed by atoms with Gasteiger partial charge in [-0.1, -0.05) is 23.8 Å². The summed E-state index contributed by atoms with van der Waals surface area (Å²) < 4.78 is 0. The van der Waals surface area contributed by atoms with Crippen molar-refractivity contribution in [3.8, 4) is 0 Å². The summed E-state index contributed by atoms with van der Waals surface area (Å²) >= 11 is 3.16. The Morgan fingerprint density at radius 1 is 0.702 bits per heavy atom. The summed E-state index contributed by atoms with van der Waals surface area (Å²) in [5.41, 5.74) is 8.94. The number of carbonyl (C=O) groups is 5. The van der Waals surface area contributed by atoms with E-state index in [4.69, 9.17) is 10.8 Å². The number of benzene rings is 1. The fraction of sp³-hybridized carbons (Fsp3) is 0.633. The molecule has 2 rings (SSSR count). The van der Waals surface area contributed by atoms with Crippen LogP contribution in [-0.2, 0) is 35.5 Å². The fourth-order valence-corrected chi connectivity index (χ4v) is 6.70. The highest BCUT2D eigenvalue weighted by Gasteiger charge is 2.21. The Labute approximate surface area is 283 Å². The summed E-state index contributed by atoms with van der Waals surface area (Å²) in [5.74, 6) is -1.79. The maximum atomic E-state index is 12.9. The van der Waals surface area contributed by atoms with E-state index >= 15 is 0 Å². The number of carboxylic acid groups (broad SMARTS) is 4. The number of carboxylic acids is 4. The molecule has 1 aromatic rings. The molecule has 0 saturated carbocycles. The summed E-state index contributed by atoms with van der Waals surface area (Å²) in [6, 6.07) is 5.38. The number of aliphatic carboxylic acids is 4. The Bertz CT molecular complexity index is 1160. The van der Waals surface area contributed by atoms with Crippen LogP contribution in [0.1, 0.15) is 16.7 Å². The number of thioether (sulfide) groups is 2. The third kappa shape index (κ3) is 18.3. The van der Waals surface area contributed by atoms with Crippen LogP contribution in [-0.4, -0.2) is 172 Å². The number of aryl methyl sites for hydroxylation is 1. The lowest BCUT2D eigenvalue weighted by Crippen LogP contribution is -2.49. The number of carbonyl (C=O) groups excluding carboxylic acids is 1. The standard InChI is InChI=1S/C30H48N6O9S2/c1-22-12-23(14-24(13-22)20-47-21-25(31)30(44)45)19-46-11-2-32-26(37)15-33-3-5-34(16-27(38)39)7-9-36(18-29(42)43)10-8-35(6-4-33)17-28(40)41/h12-14,25H,2-11,15-21,31H2,1H3,(H,32,37)(H,38,39)(H,40,41)(H,42,43)(H,44,45). The molecule has 264 valence electrons. The molecule has 1 atom stereocenters. The zero-order chi connectivity index (χ0) is 34.8. The summed E-state index contributed by atoms with van der Waals surface area (Å²) in [5, 5.41) is 40.0. The quantitative estimate of drug-likeness (QED) is 0.106. The van der Waals surface area contributed by atoms with Gasteiger partial charge in [-0.2, -0.15) is 23.5 Å². The van der Waals surface area contributed by atoms with Crippen molar-refractivity contribution >= 4 is 53.3 Å². The lowest BCUT2D eigenvalue weighted by Gasteiger charge is -2.32. The second kappa shape index (κ2) is 21.8. The third-order valence-corrected chi connectivity index (χ3v) is 9.45. The first kappa shape index (κ1) is 40.2. The van der Waals surface area contributed by atoms with Gasteiger partial charge in [0.2, 0.25) is 5.91 Å². The third-order valence-electron chi connectivity index (χ3n) is 7.29. The van der Waals surface area contributed by atoms with Crippen LogP contribution in [0.2, 0.25) is 0 Å². The van der Waals surface area contributed by atoms with Crippen molar-refractivity contribution in [3.63, 3.8) is 0 Å². The van der Waals surface area contributed by atoms with E-state index in [1.54, 1.807) is 26.5 Å². The van der Waals surface area contributed by atoms with Gasteiger partial charge < -0.3 is 31.5 Å². The maximum Gasteiger partial charge on any atom is 0.321 e. The molecule has 0 spiro atoms. The SMILES string of the molecule is Cc1cc(CSCCNC(=O)CN2CCN(CC(=O)O)CCN(CC(=O)O)CCN(CC(=O)O)CC2)cc(CSCC(N)C(=O)O)c1. The Balaban J connectivity index is 1.89. The smallest absolute Gasteiger partial charge is 0.321 e. The van der Waals surface area contributed by atoms with Crippen molar-refractivity contribution in [2.45, 2.75) is 24.5 Å². The molecule has 17 heteroatoms. The summed E-state index contributed by atoms with van der Waals surface area (Å²) in [6.07, 6.45) is 0. The Hall–Kier alpha value is -2.93. The molecular formula is C30H48N6O9S2. The van der Waals surface area contributed by atoms with Crippen LogP contribution < -0.4 is 11.1 Å². The van der Waals surface area contributed by atoms with E-state index in [0.29, 0.717) is 76.2 Å². The molecule has 0 bridgehead atoms. The molecule has 1 fully saturated rings. The van der Waals surface area contributed by atoms with Crippen LogP contribution in [0.3, 0.4) is 0 Å². The second-order valence-corrected chi connectivity index (χ2v) is 13.6. The molecule has 1 aromatic carbocycles. The van der Waals surface area contributed by atoms with E-state index < -0.39 is 29.9 Å². The minimum atomic E-state index is -1.02. The molecule has 0 aromatic heterocycles. The Kier molecular flexibility index (Phi) is 18.7. The summed E-state index contributed by atoms with van der Waals surface area (Å²) in [4.78, 5) is 65.1. The average Bonchev–Trinajstić information content (AvgIpc) is 2.97. The minimum Gasteiger partial charge on any atom is -0.480 e. The molecule has 15 nitrogen and oxygen atoms in total. The minimum absolute atomic E-state index is 0.0715. The largest absolute Gasteiger partial charge is 0.480 e. The molecule has 1 heterocycles. The number of amides is 1. The zero-order valence-electron chi connectivity index (χ0n) is 26.8. The first-order valence-corrected chi connectivity index (χ1v) is 17.7. The highest BCUT2D eigenvalue weighted by Crippen LogP contribution is 2.20. The van der Waals surface area contributed by atoms with Crippen LogP contribution in [0, 0.1) is 6.92 Å². The van der Waals surface area contributed by atoms with Gasteiger partial charge in [-0.05, 0) is 18.1 Å². The van der Waals surface area contributed by atoms with Crippen molar-refractivity contribution in [3.05, 3.63) is 34.9 Å². The van der Waals surface area contributed by atoms with Gasteiger partial charge in [-0.15, -0.1) is 0 Å². The monoisotopic (exact) mass is 700 g/mol. The van der Waals surface area contributed by atoms with Gasteiger partial charge in [0.25, 0.3) is 0 Å². The number of rotatable bonds is 18. The second-order valence-electron chi connectivity index (χ2n) is 11.5. The van der Waals surface area contributed by atoms with E-state index in [-0.39, 0.29) is 32.1 Å². The van der Waals surface area contributed by atoms with Gasteiger partial charge in [0.15, 0.2) is 0 Å². The van der Waals surface area contributed by atoms with E-state index in [9.17, 15) is 39.3 Å². The zero-order valence-corrected chi connectivity index (χ0v) is 28.5. The number of nitrogens with one attached hydrogen (secondary N) is 1. The number of nitrogens with two attached hydrogens (primary N) is 1. The van der Waals surface area contributed by atoms with Gasteiger partial charge in [0.1, 0.15) is 6.04 Å². The van der Waals surface area contributed by atoms with Gasteiger partial charge in [-0.3, -0.25) is 43.6 Å². The molecule has 47 heavy (non-hydrogen) atoms. The van der Waals surface area contributed by atoms with E-state index in [0.717, 1.165) is 22.4 Å². The molecule has 1 aliphatic rings. The van der Waals surface area contributed by atoms with Crippen molar-refractivity contribution in [2.75, 3.05) is 96.6 Å². The fourth-order valence-electron chi connectivity index (χ4n) is 4.99. The van der Waals surface area contributed by atoms with Gasteiger partial charge in [-0.25, -0.2) is 0 Å². The Morgan fingerprint density at radius 3 is 1.51 bits per heavy atom. The van der Waals surface area contributed by atoms with Crippen molar-refractivity contribution < 1.29 is 44.4 Å². The van der Waals surface area contributed by atoms with Crippen molar-refractivity contribution in [1.29, 1.82) is 0 Å². The van der Waals surface area contributed by atoms with Crippen LogP contribution >= 0.6 is 23.5 Å². The number of hydrogen-bond donors (Lipinski definition) is 6. The van der Waals surface area contributed by atoms with Crippen LogP contribution in [0.25, 0.3) is 0 Å². The predicted molar refractivity (Wildman–Crippen MR) is 181 cm³/mol. The van der Waals surface area contributed by atoms with Crippen LogP contribution in [0.15, 0.2) is 18.2 Å². The number of nitrogens with zero attached hydrogens (tertiary/aromatic N) is 4. The van der Waals surface area contributed by atoms with E-state index in [2.05, 4.69) is 23.5 Å². The van der Waals surface area contributed by atoms with Crippen LogP contribution in [0.4, 0.5) is 0 Å². The maximum absolute atomic E-state index is 12.9. The Morgan fingerprint density at radius 2 is 1.11 bits per heavy atom. The van der Waals surface area contributed by atoms with E-state index in [1.165, 1.54) is 11.8 Å². The average molecular weight is 701 g/mol. The molecule has 0 radical (unpaired) electrons. The first-order chi connectivity index (χ1) is 22.3. The molecule has 1 aliphatic heterocycles. The first-order valence-electron chi connectivity index (χ1n) is 15.4. The molecule has 1 unspecified atom stereocenters. The molecule has 1 saturated heterocycles. The van der Waals surface area contributed by atoms with Gasteiger partial charge in [0, 0.05) is 81.9 Å². The van der Waals surface area contributed by atoms with Crippen LogP contribution in [0.5, 0.6) is 0 Å². The topological polar surface area (TPSA) is 217 Å². The van der Waals surface area contributed by atoms with Crippen molar-refractivity contribution in [1.82, 2.24) is 24.9 Å². The lowest BCUT2D eigenvalue weighted by atomic mass is 10.1. The summed E-state index contributed by atoms with van der Waals surface area (Å²) in [6.45, 7) is 4.57. The molecule has 0 aliphatic carbocycles. The molecule has 7 N–H and O–H groups in total. The van der Waals surface area contributed by atoms with Gasteiger partial charge >= 0.3 is 23.9 Å². The van der Waals surface area contributed by atoms with Gasteiger partial charge in [0.05, 0.1) is 26.2 Å². The summed E-state index contributed by atoms with van der Waals surface area (Å²) in [7, 11) is 0. The highest BCUT2D eigenvalue weighted by atomic mass is 32.2. The van der Waals surface area contributed by atoms with E-state index in [1.807, 2.05) is 11.8 Å². The highest BCUT2D eigenvalue weighted by molar-refractivity contribution is 7.98. The lowest BCUT2D eigenvalue weighted by molar-refractivity contribution is -0.140. The number of hydrogen-bond acceptors (Lipinski definition) is 12. The van der Waals surface area contributed by atoms with Crippen molar-refractivity contribution in [2.24, 2.45) is 5.73 Å². The normalized spacial score (nSPS) is 16.9.